The van der Waals surface area contributed by atoms with Gasteiger partial charge in [0.05, 0.1) is 10.5 Å². The number of hydrogen-bond acceptors (Lipinski definition) is 2. The second-order valence-corrected chi connectivity index (χ2v) is 5.88. The average molecular weight is 286 g/mol. The fraction of sp³-hybridized carbons (Fsp3) is 0.188. The maximum Gasteiger partial charge on any atom is 0.117 e. The predicted molar refractivity (Wildman–Crippen MR) is 84.1 cm³/mol. The van der Waals surface area contributed by atoms with Crippen LogP contribution in [0.25, 0.3) is 11.0 Å². The number of benzene rings is 2. The minimum Gasteiger partial charge on any atom is -0.399 e. The summed E-state index contributed by atoms with van der Waals surface area (Å²) >= 11 is 6.19. The highest BCUT2D eigenvalue weighted by atomic mass is 35.5. The van der Waals surface area contributed by atoms with E-state index in [9.17, 15) is 0 Å². The van der Waals surface area contributed by atoms with Crippen molar-refractivity contribution < 1.29 is 0 Å². The zero-order chi connectivity index (χ0) is 14.3. The molecule has 0 radical (unpaired) electrons. The summed E-state index contributed by atoms with van der Waals surface area (Å²) in [6.45, 7) is 4.26. The van der Waals surface area contributed by atoms with Gasteiger partial charge in [0.2, 0.25) is 0 Å². The molecule has 102 valence electrons. The number of para-hydroxylation sites is 1. The Morgan fingerprint density at radius 1 is 1.10 bits per heavy atom. The molecule has 1 heterocycles. The summed E-state index contributed by atoms with van der Waals surface area (Å²) in [5, 5.41) is 0.665. The van der Waals surface area contributed by atoms with E-state index in [1.54, 1.807) is 0 Å². The van der Waals surface area contributed by atoms with Gasteiger partial charge < -0.3 is 10.7 Å². The number of imidazole rings is 1. The number of anilines is 1. The fourth-order valence-corrected chi connectivity index (χ4v) is 2.55. The lowest BCUT2D eigenvalue weighted by atomic mass is 9.84. The van der Waals surface area contributed by atoms with Gasteiger partial charge in [-0.15, -0.1) is 0 Å². The summed E-state index contributed by atoms with van der Waals surface area (Å²) in [5.74, 6) is 0.894. The number of nitrogens with zero attached hydrogens (tertiary/aromatic N) is 1. The molecule has 3 rings (SSSR count). The van der Waals surface area contributed by atoms with Crippen LogP contribution in [-0.2, 0) is 5.41 Å². The Morgan fingerprint density at radius 3 is 2.45 bits per heavy atom. The smallest absolute Gasteiger partial charge is 0.117 e. The molecule has 0 unspecified atom stereocenters. The number of nitrogens with one attached hydrogen (secondary N) is 1. The Hall–Kier alpha value is -2.00. The van der Waals surface area contributed by atoms with E-state index < -0.39 is 0 Å². The normalized spacial score (nSPS) is 11.9. The Morgan fingerprint density at radius 2 is 1.80 bits per heavy atom. The van der Waals surface area contributed by atoms with Gasteiger partial charge >= 0.3 is 0 Å². The van der Waals surface area contributed by atoms with Crippen LogP contribution in [0.15, 0.2) is 42.5 Å². The second kappa shape index (κ2) is 4.53. The van der Waals surface area contributed by atoms with Crippen LogP contribution in [0, 0.1) is 0 Å². The van der Waals surface area contributed by atoms with Gasteiger partial charge in [-0.2, -0.15) is 0 Å². The van der Waals surface area contributed by atoms with E-state index in [-0.39, 0.29) is 5.41 Å². The summed E-state index contributed by atoms with van der Waals surface area (Å²) in [6, 6.07) is 13.6. The van der Waals surface area contributed by atoms with Crippen molar-refractivity contribution in [1.82, 2.24) is 9.97 Å². The van der Waals surface area contributed by atoms with E-state index in [1.165, 1.54) is 0 Å². The van der Waals surface area contributed by atoms with Gasteiger partial charge in [0, 0.05) is 11.1 Å². The van der Waals surface area contributed by atoms with Gasteiger partial charge in [-0.3, -0.25) is 0 Å². The average Bonchev–Trinajstić information content (AvgIpc) is 2.85. The molecule has 0 aliphatic heterocycles. The summed E-state index contributed by atoms with van der Waals surface area (Å²) in [5.41, 5.74) is 9.19. The highest BCUT2D eigenvalue weighted by molar-refractivity contribution is 6.34. The molecule has 2 aromatic carbocycles. The van der Waals surface area contributed by atoms with Crippen molar-refractivity contribution >= 4 is 28.3 Å². The zero-order valence-electron chi connectivity index (χ0n) is 11.4. The number of fused-ring (bicyclic) bond motifs is 1. The van der Waals surface area contributed by atoms with E-state index >= 15 is 0 Å². The molecular weight excluding hydrogens is 270 g/mol. The molecule has 0 bridgehead atoms. The number of rotatable bonds is 2. The van der Waals surface area contributed by atoms with Crippen molar-refractivity contribution in [2.75, 3.05) is 5.73 Å². The number of nitrogen functional groups attached to an aromatic ring is 1. The summed E-state index contributed by atoms with van der Waals surface area (Å²) < 4.78 is 0. The molecular formula is C16H16ClN3. The van der Waals surface area contributed by atoms with Gasteiger partial charge in [-0.05, 0) is 43.7 Å². The van der Waals surface area contributed by atoms with Crippen molar-refractivity contribution in [1.29, 1.82) is 0 Å². The molecule has 3 N–H and O–H groups in total. The van der Waals surface area contributed by atoms with E-state index in [2.05, 4.69) is 23.8 Å². The largest absolute Gasteiger partial charge is 0.399 e. The number of H-pyrrole nitrogens is 1. The molecule has 3 aromatic rings. The maximum absolute atomic E-state index is 6.19. The minimum absolute atomic E-state index is 0.240. The lowest BCUT2D eigenvalue weighted by Gasteiger charge is -2.22. The molecule has 1 aromatic heterocycles. The maximum atomic E-state index is 6.19. The van der Waals surface area contributed by atoms with Crippen LogP contribution in [0.1, 0.15) is 25.2 Å². The minimum atomic E-state index is -0.240. The number of halogens is 1. The predicted octanol–water partition coefficient (Wildman–Crippen LogP) is 4.12. The van der Waals surface area contributed by atoms with E-state index in [0.29, 0.717) is 5.02 Å². The van der Waals surface area contributed by atoms with Crippen LogP contribution in [0.3, 0.4) is 0 Å². The first-order chi connectivity index (χ1) is 9.48. The standard InChI is InChI=1S/C16H16ClN3/c1-16(2,10-6-8-11(18)9-7-10)15-19-13-5-3-4-12(17)14(13)20-15/h3-9H,18H2,1-2H3,(H,19,20). The molecule has 20 heavy (non-hydrogen) atoms. The number of aromatic nitrogens is 2. The van der Waals surface area contributed by atoms with Crippen LogP contribution in [0.4, 0.5) is 5.69 Å². The van der Waals surface area contributed by atoms with Crippen molar-refractivity contribution in [3.63, 3.8) is 0 Å². The Balaban J connectivity index is 2.13. The third-order valence-corrected chi connectivity index (χ3v) is 3.99. The first kappa shape index (κ1) is 13.0. The second-order valence-electron chi connectivity index (χ2n) is 5.47. The molecule has 0 aliphatic carbocycles. The molecule has 0 amide bonds. The van der Waals surface area contributed by atoms with Crippen molar-refractivity contribution in [2.24, 2.45) is 0 Å². The molecule has 0 fully saturated rings. The van der Waals surface area contributed by atoms with E-state index in [0.717, 1.165) is 28.1 Å². The quantitative estimate of drug-likeness (QED) is 0.696. The summed E-state index contributed by atoms with van der Waals surface area (Å²) in [6.07, 6.45) is 0. The van der Waals surface area contributed by atoms with Gasteiger partial charge in [0.15, 0.2) is 0 Å². The number of hydrogen-bond donors (Lipinski definition) is 2. The van der Waals surface area contributed by atoms with Crippen molar-refractivity contribution in [3.05, 3.63) is 58.9 Å². The molecule has 3 nitrogen and oxygen atoms in total. The molecule has 0 saturated carbocycles. The first-order valence-corrected chi connectivity index (χ1v) is 6.87. The van der Waals surface area contributed by atoms with Crippen LogP contribution in [0.5, 0.6) is 0 Å². The van der Waals surface area contributed by atoms with Crippen molar-refractivity contribution in [2.45, 2.75) is 19.3 Å². The van der Waals surface area contributed by atoms with Gasteiger partial charge in [-0.25, -0.2) is 4.98 Å². The van der Waals surface area contributed by atoms with Crippen LogP contribution in [0.2, 0.25) is 5.02 Å². The summed E-state index contributed by atoms with van der Waals surface area (Å²) in [7, 11) is 0. The highest BCUT2D eigenvalue weighted by Gasteiger charge is 2.27. The third-order valence-electron chi connectivity index (χ3n) is 3.69. The van der Waals surface area contributed by atoms with Crippen LogP contribution in [-0.4, -0.2) is 9.97 Å². The molecule has 4 heteroatoms. The van der Waals surface area contributed by atoms with E-state index in [4.69, 9.17) is 17.3 Å². The zero-order valence-corrected chi connectivity index (χ0v) is 12.2. The Bertz CT molecular complexity index is 757. The van der Waals surface area contributed by atoms with Gasteiger partial charge in [0.25, 0.3) is 0 Å². The lowest BCUT2D eigenvalue weighted by molar-refractivity contribution is 0.601. The van der Waals surface area contributed by atoms with Gasteiger partial charge in [0.1, 0.15) is 11.3 Å². The highest BCUT2D eigenvalue weighted by Crippen LogP contribution is 2.32. The first-order valence-electron chi connectivity index (χ1n) is 6.49. The van der Waals surface area contributed by atoms with E-state index in [1.807, 2.05) is 42.5 Å². The van der Waals surface area contributed by atoms with Gasteiger partial charge in [-0.1, -0.05) is 29.8 Å². The van der Waals surface area contributed by atoms with Crippen LogP contribution >= 0.6 is 11.6 Å². The topological polar surface area (TPSA) is 54.7 Å². The molecule has 0 saturated heterocycles. The monoisotopic (exact) mass is 285 g/mol. The molecule has 0 atom stereocenters. The van der Waals surface area contributed by atoms with Crippen LogP contribution < -0.4 is 5.73 Å². The third kappa shape index (κ3) is 2.04. The SMILES string of the molecule is CC(C)(c1ccc(N)cc1)c1nc2c(Cl)cccc2[nH]1. The Labute approximate surface area is 122 Å². The Kier molecular flexibility index (Phi) is 2.94. The fourth-order valence-electron chi connectivity index (χ4n) is 2.33. The summed E-state index contributed by atoms with van der Waals surface area (Å²) in [4.78, 5) is 8.03. The molecule has 0 spiro atoms. The number of nitrogens with two attached hydrogens (primary N) is 1. The van der Waals surface area contributed by atoms with Crippen molar-refractivity contribution in [3.8, 4) is 0 Å². The number of aromatic amines is 1. The lowest BCUT2D eigenvalue weighted by Crippen LogP contribution is -2.20. The molecule has 0 aliphatic rings.